The van der Waals surface area contributed by atoms with Gasteiger partial charge in [-0.15, -0.1) is 0 Å². The molecule has 1 aliphatic rings. The first-order chi connectivity index (χ1) is 14.0. The van der Waals surface area contributed by atoms with Crippen molar-refractivity contribution in [3.05, 3.63) is 94.8 Å². The Bertz CT molecular complexity index is 1080. The molecule has 0 bridgehead atoms. The first-order valence-corrected chi connectivity index (χ1v) is 9.76. The van der Waals surface area contributed by atoms with Crippen LogP contribution in [0.1, 0.15) is 44.6 Å². The average Bonchev–Trinajstić information content (AvgIpc) is 3.08. The zero-order chi connectivity index (χ0) is 20.4. The topological polar surface area (TPSA) is 62.3 Å². The van der Waals surface area contributed by atoms with E-state index in [-0.39, 0.29) is 29.2 Å². The van der Waals surface area contributed by atoms with Crippen LogP contribution < -0.4 is 10.2 Å². The number of anilines is 1. The molecule has 1 atom stereocenters. The second kappa shape index (κ2) is 7.87. The van der Waals surface area contributed by atoms with Gasteiger partial charge in [0.1, 0.15) is 11.4 Å². The smallest absolute Gasteiger partial charge is 0.277 e. The quantitative estimate of drug-likeness (QED) is 0.741. The van der Waals surface area contributed by atoms with Crippen molar-refractivity contribution in [3.8, 4) is 0 Å². The molecule has 0 saturated carbocycles. The normalized spacial score (nSPS) is 15.1. The van der Waals surface area contributed by atoms with E-state index in [0.29, 0.717) is 6.54 Å². The SMILES string of the molecule is Cc1ccccc1CNC(=O)c1cccc(C(=O)N2c3ccccc3CC2C)n1. The van der Waals surface area contributed by atoms with Crippen molar-refractivity contribution in [1.82, 2.24) is 10.3 Å². The number of amides is 2. The Morgan fingerprint density at radius 2 is 1.72 bits per heavy atom. The van der Waals surface area contributed by atoms with Crippen LogP contribution in [0.5, 0.6) is 0 Å². The molecule has 1 N–H and O–H groups in total. The minimum atomic E-state index is -0.294. The molecule has 29 heavy (non-hydrogen) atoms. The van der Waals surface area contributed by atoms with Gasteiger partial charge >= 0.3 is 0 Å². The fourth-order valence-electron chi connectivity index (χ4n) is 3.75. The van der Waals surface area contributed by atoms with E-state index in [1.807, 2.05) is 62.4 Å². The number of carbonyl (C=O) groups excluding carboxylic acids is 2. The first-order valence-electron chi connectivity index (χ1n) is 9.76. The van der Waals surface area contributed by atoms with Crippen LogP contribution in [-0.2, 0) is 13.0 Å². The van der Waals surface area contributed by atoms with Crippen molar-refractivity contribution in [1.29, 1.82) is 0 Å². The van der Waals surface area contributed by atoms with Gasteiger partial charge in [-0.1, -0.05) is 48.5 Å². The maximum atomic E-state index is 13.2. The third kappa shape index (κ3) is 3.76. The summed E-state index contributed by atoms with van der Waals surface area (Å²) in [4.78, 5) is 31.9. The molecule has 1 aromatic heterocycles. The van der Waals surface area contributed by atoms with Crippen molar-refractivity contribution in [2.75, 3.05) is 4.90 Å². The van der Waals surface area contributed by atoms with Gasteiger partial charge in [-0.2, -0.15) is 0 Å². The molecular weight excluding hydrogens is 362 g/mol. The van der Waals surface area contributed by atoms with Crippen LogP contribution in [0.3, 0.4) is 0 Å². The molecular formula is C24H23N3O2. The van der Waals surface area contributed by atoms with Crippen LogP contribution in [0.2, 0.25) is 0 Å². The molecule has 0 saturated heterocycles. The van der Waals surface area contributed by atoms with Gasteiger partial charge in [0, 0.05) is 18.3 Å². The molecule has 2 aromatic carbocycles. The monoisotopic (exact) mass is 385 g/mol. The summed E-state index contributed by atoms with van der Waals surface area (Å²) >= 11 is 0. The summed E-state index contributed by atoms with van der Waals surface area (Å²) in [6.45, 7) is 4.45. The molecule has 3 aromatic rings. The number of aromatic nitrogens is 1. The molecule has 0 fully saturated rings. The molecule has 2 heterocycles. The maximum Gasteiger partial charge on any atom is 0.277 e. The molecule has 1 aliphatic heterocycles. The molecule has 5 nitrogen and oxygen atoms in total. The largest absolute Gasteiger partial charge is 0.347 e. The summed E-state index contributed by atoms with van der Waals surface area (Å²) in [5.74, 6) is -0.478. The number of nitrogens with zero attached hydrogens (tertiary/aromatic N) is 2. The Hall–Kier alpha value is -3.47. The Labute approximate surface area is 170 Å². The lowest BCUT2D eigenvalue weighted by atomic mass is 10.1. The number of fused-ring (bicyclic) bond motifs is 1. The molecule has 0 aliphatic carbocycles. The van der Waals surface area contributed by atoms with Crippen LogP contribution in [0.15, 0.2) is 66.7 Å². The number of benzene rings is 2. The Balaban J connectivity index is 1.52. The number of pyridine rings is 1. The van der Waals surface area contributed by atoms with Gasteiger partial charge in [0.15, 0.2) is 0 Å². The van der Waals surface area contributed by atoms with E-state index in [4.69, 9.17) is 0 Å². The van der Waals surface area contributed by atoms with Crippen molar-refractivity contribution >= 4 is 17.5 Å². The van der Waals surface area contributed by atoms with Crippen LogP contribution in [-0.4, -0.2) is 22.8 Å². The van der Waals surface area contributed by atoms with Gasteiger partial charge in [-0.05, 0) is 55.2 Å². The highest BCUT2D eigenvalue weighted by Crippen LogP contribution is 2.32. The van der Waals surface area contributed by atoms with Gasteiger partial charge in [-0.25, -0.2) is 4.98 Å². The zero-order valence-electron chi connectivity index (χ0n) is 16.6. The number of hydrogen-bond acceptors (Lipinski definition) is 3. The number of carbonyl (C=O) groups is 2. The molecule has 5 heteroatoms. The average molecular weight is 385 g/mol. The lowest BCUT2D eigenvalue weighted by molar-refractivity contribution is 0.0945. The Morgan fingerprint density at radius 1 is 1.00 bits per heavy atom. The lowest BCUT2D eigenvalue weighted by Crippen LogP contribution is -2.36. The van der Waals surface area contributed by atoms with Crippen LogP contribution in [0, 0.1) is 6.92 Å². The van der Waals surface area contributed by atoms with E-state index in [1.165, 1.54) is 0 Å². The molecule has 0 spiro atoms. The van der Waals surface area contributed by atoms with Crippen molar-refractivity contribution in [2.45, 2.75) is 32.9 Å². The van der Waals surface area contributed by atoms with Gasteiger partial charge < -0.3 is 10.2 Å². The van der Waals surface area contributed by atoms with Crippen molar-refractivity contribution in [3.63, 3.8) is 0 Å². The number of rotatable bonds is 4. The number of nitrogens with one attached hydrogen (secondary N) is 1. The molecule has 146 valence electrons. The number of para-hydroxylation sites is 1. The Kier molecular flexibility index (Phi) is 5.12. The highest BCUT2D eigenvalue weighted by molar-refractivity contribution is 6.07. The van der Waals surface area contributed by atoms with Crippen molar-refractivity contribution < 1.29 is 9.59 Å². The fourth-order valence-corrected chi connectivity index (χ4v) is 3.75. The molecule has 0 radical (unpaired) electrons. The van der Waals surface area contributed by atoms with E-state index in [0.717, 1.165) is 28.8 Å². The predicted octanol–water partition coefficient (Wildman–Crippen LogP) is 3.91. The summed E-state index contributed by atoms with van der Waals surface area (Å²) in [5.41, 5.74) is 4.75. The highest BCUT2D eigenvalue weighted by atomic mass is 16.2. The van der Waals surface area contributed by atoms with E-state index in [9.17, 15) is 9.59 Å². The summed E-state index contributed by atoms with van der Waals surface area (Å²) in [5, 5.41) is 2.89. The van der Waals surface area contributed by atoms with Gasteiger partial charge in [0.25, 0.3) is 11.8 Å². The third-order valence-corrected chi connectivity index (χ3v) is 5.33. The Morgan fingerprint density at radius 3 is 2.55 bits per heavy atom. The molecule has 4 rings (SSSR count). The van der Waals surface area contributed by atoms with Gasteiger partial charge in [-0.3, -0.25) is 9.59 Å². The summed E-state index contributed by atoms with van der Waals surface area (Å²) in [7, 11) is 0. The lowest BCUT2D eigenvalue weighted by Gasteiger charge is -2.22. The van der Waals surface area contributed by atoms with E-state index in [2.05, 4.69) is 10.3 Å². The van der Waals surface area contributed by atoms with Gasteiger partial charge in [0.2, 0.25) is 0 Å². The third-order valence-electron chi connectivity index (χ3n) is 5.33. The van der Waals surface area contributed by atoms with Crippen LogP contribution in [0.4, 0.5) is 5.69 Å². The summed E-state index contributed by atoms with van der Waals surface area (Å²) in [6, 6.07) is 20.9. The molecule has 1 unspecified atom stereocenters. The standard InChI is InChI=1S/C24H23N3O2/c1-16-8-3-4-10-19(16)15-25-23(28)20-11-7-12-21(26-20)24(29)27-17(2)14-18-9-5-6-13-22(18)27/h3-13,17H,14-15H2,1-2H3,(H,25,28). The highest BCUT2D eigenvalue weighted by Gasteiger charge is 2.32. The predicted molar refractivity (Wildman–Crippen MR) is 113 cm³/mol. The van der Waals surface area contributed by atoms with Crippen LogP contribution in [0.25, 0.3) is 0 Å². The van der Waals surface area contributed by atoms with E-state index in [1.54, 1.807) is 23.1 Å². The zero-order valence-corrected chi connectivity index (χ0v) is 16.6. The summed E-state index contributed by atoms with van der Waals surface area (Å²) < 4.78 is 0. The second-order valence-electron chi connectivity index (χ2n) is 7.37. The number of hydrogen-bond donors (Lipinski definition) is 1. The van der Waals surface area contributed by atoms with E-state index >= 15 is 0 Å². The maximum absolute atomic E-state index is 13.2. The van der Waals surface area contributed by atoms with Crippen molar-refractivity contribution in [2.24, 2.45) is 0 Å². The minimum absolute atomic E-state index is 0.0558. The second-order valence-corrected chi connectivity index (χ2v) is 7.37. The number of aryl methyl sites for hydroxylation is 1. The fraction of sp³-hybridized carbons (Fsp3) is 0.208. The minimum Gasteiger partial charge on any atom is -0.347 e. The van der Waals surface area contributed by atoms with Gasteiger partial charge in [0.05, 0.1) is 0 Å². The van der Waals surface area contributed by atoms with Crippen LogP contribution >= 0.6 is 0 Å². The molecule has 2 amide bonds. The summed E-state index contributed by atoms with van der Waals surface area (Å²) in [6.07, 6.45) is 0.818. The van der Waals surface area contributed by atoms with E-state index < -0.39 is 0 Å². The first kappa shape index (κ1) is 18.9.